The van der Waals surface area contributed by atoms with Crippen LogP contribution in [-0.2, 0) is 9.47 Å². The third kappa shape index (κ3) is 4.09. The van der Waals surface area contributed by atoms with Crippen LogP contribution < -0.4 is 5.32 Å². The van der Waals surface area contributed by atoms with Crippen LogP contribution in [0.2, 0.25) is 0 Å². The Balaban J connectivity index is 2.00. The van der Waals surface area contributed by atoms with E-state index in [1.54, 1.807) is 7.11 Å². The van der Waals surface area contributed by atoms with Crippen LogP contribution >= 0.6 is 0 Å². The molecule has 1 unspecified atom stereocenters. The molecule has 0 amide bonds. The number of rotatable bonds is 9. The van der Waals surface area contributed by atoms with Crippen LogP contribution in [0.3, 0.4) is 0 Å². The third-order valence-corrected chi connectivity index (χ3v) is 3.63. The highest BCUT2D eigenvalue weighted by atomic mass is 16.5. The molecule has 1 fully saturated rings. The molecule has 3 nitrogen and oxygen atoms in total. The second-order valence-electron chi connectivity index (χ2n) is 4.58. The fourth-order valence-electron chi connectivity index (χ4n) is 2.05. The maximum absolute atomic E-state index is 5.60. The van der Waals surface area contributed by atoms with Crippen molar-refractivity contribution in [3.8, 4) is 0 Å². The lowest BCUT2D eigenvalue weighted by Gasteiger charge is -2.22. The minimum atomic E-state index is 0.538. The van der Waals surface area contributed by atoms with Crippen molar-refractivity contribution in [2.24, 2.45) is 5.41 Å². The molecule has 0 aromatic carbocycles. The Labute approximate surface area is 93.5 Å². The summed E-state index contributed by atoms with van der Waals surface area (Å²) in [5, 5.41) is 3.35. The van der Waals surface area contributed by atoms with Gasteiger partial charge in [-0.3, -0.25) is 0 Å². The monoisotopic (exact) mass is 215 g/mol. The second kappa shape index (κ2) is 6.46. The van der Waals surface area contributed by atoms with E-state index in [0.717, 1.165) is 26.2 Å². The summed E-state index contributed by atoms with van der Waals surface area (Å²) in [6.45, 7) is 4.81. The summed E-state index contributed by atoms with van der Waals surface area (Å²) >= 11 is 0. The van der Waals surface area contributed by atoms with Gasteiger partial charge in [0.25, 0.3) is 0 Å². The Morgan fingerprint density at radius 1 is 1.27 bits per heavy atom. The minimum absolute atomic E-state index is 0.538. The van der Waals surface area contributed by atoms with E-state index in [4.69, 9.17) is 9.47 Å². The van der Waals surface area contributed by atoms with E-state index >= 15 is 0 Å². The summed E-state index contributed by atoms with van der Waals surface area (Å²) < 4.78 is 10.6. The van der Waals surface area contributed by atoms with Gasteiger partial charge in [-0.25, -0.2) is 0 Å². The van der Waals surface area contributed by atoms with Crippen LogP contribution in [0.5, 0.6) is 0 Å². The van der Waals surface area contributed by atoms with Crippen LogP contribution in [0.25, 0.3) is 0 Å². The average molecular weight is 215 g/mol. The zero-order chi connectivity index (χ0) is 11.1. The Hall–Kier alpha value is -0.120. The third-order valence-electron chi connectivity index (χ3n) is 3.63. The highest BCUT2D eigenvalue weighted by Gasteiger charge is 2.46. The maximum atomic E-state index is 5.60. The molecule has 0 aromatic heterocycles. The van der Waals surface area contributed by atoms with Gasteiger partial charge in [0.1, 0.15) is 0 Å². The molecule has 0 heterocycles. The molecule has 1 aliphatic carbocycles. The van der Waals surface area contributed by atoms with Gasteiger partial charge in [0.05, 0.1) is 0 Å². The predicted octanol–water partition coefficient (Wildman–Crippen LogP) is 1.82. The largest absolute Gasteiger partial charge is 0.385 e. The molecule has 1 N–H and O–H groups in total. The summed E-state index contributed by atoms with van der Waals surface area (Å²) in [5.74, 6) is 0. The number of nitrogens with one attached hydrogen (secondary N) is 1. The molecule has 0 spiro atoms. The lowest BCUT2D eigenvalue weighted by molar-refractivity contribution is 0.0877. The molecule has 1 atom stereocenters. The number of hydrogen-bond acceptors (Lipinski definition) is 3. The topological polar surface area (TPSA) is 30.5 Å². The summed E-state index contributed by atoms with van der Waals surface area (Å²) in [7, 11) is 3.78. The van der Waals surface area contributed by atoms with Gasteiger partial charge in [0, 0.05) is 33.0 Å². The quantitative estimate of drug-likeness (QED) is 0.595. The van der Waals surface area contributed by atoms with E-state index < -0.39 is 0 Å². The summed E-state index contributed by atoms with van der Waals surface area (Å²) in [5.41, 5.74) is 0.538. The summed E-state index contributed by atoms with van der Waals surface area (Å²) in [6, 6.07) is 0.625. The molecule has 0 aromatic rings. The van der Waals surface area contributed by atoms with Crippen molar-refractivity contribution in [1.82, 2.24) is 5.32 Å². The van der Waals surface area contributed by atoms with Gasteiger partial charge in [-0.05, 0) is 45.1 Å². The van der Waals surface area contributed by atoms with Crippen LogP contribution in [0.4, 0.5) is 0 Å². The summed E-state index contributed by atoms with van der Waals surface area (Å²) in [4.78, 5) is 0. The van der Waals surface area contributed by atoms with Gasteiger partial charge in [0.2, 0.25) is 0 Å². The highest BCUT2D eigenvalue weighted by molar-refractivity contribution is 4.99. The lowest BCUT2D eigenvalue weighted by Crippen LogP contribution is -2.32. The van der Waals surface area contributed by atoms with E-state index in [9.17, 15) is 0 Å². The average Bonchev–Trinajstić information content (AvgIpc) is 3.03. The van der Waals surface area contributed by atoms with Crippen LogP contribution in [0, 0.1) is 5.41 Å². The Morgan fingerprint density at radius 2 is 2.00 bits per heavy atom. The molecule has 1 rings (SSSR count). The highest BCUT2D eigenvalue weighted by Crippen LogP contribution is 2.51. The van der Waals surface area contributed by atoms with Gasteiger partial charge in [-0.15, -0.1) is 0 Å². The van der Waals surface area contributed by atoms with Gasteiger partial charge < -0.3 is 14.8 Å². The molecular weight excluding hydrogens is 190 g/mol. The molecule has 15 heavy (non-hydrogen) atoms. The van der Waals surface area contributed by atoms with Gasteiger partial charge >= 0.3 is 0 Å². The standard InChI is InChI=1S/C12H25NO2/c1-11(13-2)12(5-6-12)7-10-15-9-4-8-14-3/h11,13H,4-10H2,1-3H3. The zero-order valence-corrected chi connectivity index (χ0v) is 10.3. The Kier molecular flexibility index (Phi) is 5.58. The summed E-state index contributed by atoms with van der Waals surface area (Å²) in [6.07, 6.45) is 4.92. The number of methoxy groups -OCH3 is 1. The van der Waals surface area contributed by atoms with Crippen molar-refractivity contribution < 1.29 is 9.47 Å². The molecule has 90 valence electrons. The van der Waals surface area contributed by atoms with Crippen molar-refractivity contribution in [3.05, 3.63) is 0 Å². The van der Waals surface area contributed by atoms with E-state index in [-0.39, 0.29) is 0 Å². The molecule has 0 bridgehead atoms. The van der Waals surface area contributed by atoms with Crippen molar-refractivity contribution in [3.63, 3.8) is 0 Å². The molecule has 0 radical (unpaired) electrons. The van der Waals surface area contributed by atoms with E-state index in [2.05, 4.69) is 12.2 Å². The molecule has 1 saturated carbocycles. The normalized spacial score (nSPS) is 20.2. The maximum Gasteiger partial charge on any atom is 0.0487 e. The first kappa shape index (κ1) is 12.9. The van der Waals surface area contributed by atoms with E-state index in [1.165, 1.54) is 19.3 Å². The molecule has 3 heteroatoms. The van der Waals surface area contributed by atoms with Crippen molar-refractivity contribution in [1.29, 1.82) is 0 Å². The van der Waals surface area contributed by atoms with E-state index in [0.29, 0.717) is 11.5 Å². The fraction of sp³-hybridized carbons (Fsp3) is 1.00. The Bertz CT molecular complexity index is 169. The van der Waals surface area contributed by atoms with Crippen LogP contribution in [0.15, 0.2) is 0 Å². The van der Waals surface area contributed by atoms with Crippen LogP contribution in [-0.4, -0.2) is 40.0 Å². The van der Waals surface area contributed by atoms with Crippen molar-refractivity contribution in [2.75, 3.05) is 34.0 Å². The molecular formula is C12H25NO2. The van der Waals surface area contributed by atoms with Crippen LogP contribution in [0.1, 0.15) is 32.6 Å². The first-order valence-electron chi connectivity index (χ1n) is 5.99. The minimum Gasteiger partial charge on any atom is -0.385 e. The van der Waals surface area contributed by atoms with Gasteiger partial charge in [-0.2, -0.15) is 0 Å². The molecule has 0 saturated heterocycles. The van der Waals surface area contributed by atoms with Crippen molar-refractivity contribution in [2.45, 2.75) is 38.6 Å². The molecule has 1 aliphatic rings. The van der Waals surface area contributed by atoms with Gasteiger partial charge in [-0.1, -0.05) is 0 Å². The first-order chi connectivity index (χ1) is 7.25. The van der Waals surface area contributed by atoms with E-state index in [1.807, 2.05) is 7.05 Å². The second-order valence-corrected chi connectivity index (χ2v) is 4.58. The zero-order valence-electron chi connectivity index (χ0n) is 10.3. The Morgan fingerprint density at radius 3 is 2.53 bits per heavy atom. The van der Waals surface area contributed by atoms with Gasteiger partial charge in [0.15, 0.2) is 0 Å². The number of ether oxygens (including phenoxy) is 2. The fourth-order valence-corrected chi connectivity index (χ4v) is 2.05. The van der Waals surface area contributed by atoms with Crippen molar-refractivity contribution >= 4 is 0 Å². The smallest absolute Gasteiger partial charge is 0.0487 e. The first-order valence-corrected chi connectivity index (χ1v) is 5.99. The predicted molar refractivity (Wildman–Crippen MR) is 62.1 cm³/mol. The SMILES string of the molecule is CNC(C)C1(CCOCCCOC)CC1. The lowest BCUT2D eigenvalue weighted by atomic mass is 9.94. The number of hydrogen-bond donors (Lipinski definition) is 1. The molecule has 0 aliphatic heterocycles.